The molecule has 0 spiro atoms. The summed E-state index contributed by atoms with van der Waals surface area (Å²) in [4.78, 5) is 29.3. The largest absolute Gasteiger partial charge is 0.349 e. The lowest BCUT2D eigenvalue weighted by molar-refractivity contribution is 0.0944. The topological polar surface area (TPSA) is 81.8 Å². The molecule has 7 heteroatoms. The van der Waals surface area contributed by atoms with Gasteiger partial charge >= 0.3 is 0 Å². The number of nitrogens with one attached hydrogen (secondary N) is 1. The van der Waals surface area contributed by atoms with Crippen molar-refractivity contribution in [2.75, 3.05) is 6.54 Å². The molecule has 0 aliphatic carbocycles. The lowest BCUT2D eigenvalue weighted by atomic mass is 10.2. The molecule has 0 aliphatic heterocycles. The third-order valence-corrected chi connectivity index (χ3v) is 4.34. The molecule has 1 amide bonds. The third kappa shape index (κ3) is 2.73. The Kier molecular flexibility index (Phi) is 3.96. The van der Waals surface area contributed by atoms with Crippen LogP contribution < -0.4 is 10.7 Å². The van der Waals surface area contributed by atoms with Crippen molar-refractivity contribution in [3.05, 3.63) is 70.8 Å². The lowest BCUT2D eigenvalue weighted by Gasteiger charge is -2.09. The zero-order valence-corrected chi connectivity index (χ0v) is 14.2. The minimum atomic E-state index is -0.472. The summed E-state index contributed by atoms with van der Waals surface area (Å²) < 4.78 is 3.51. The number of imidazole rings is 1. The van der Waals surface area contributed by atoms with Crippen molar-refractivity contribution < 1.29 is 4.79 Å². The van der Waals surface area contributed by atoms with Gasteiger partial charge < -0.3 is 9.88 Å². The number of hydrogen-bond donors (Lipinski definition) is 1. The van der Waals surface area contributed by atoms with E-state index in [-0.39, 0.29) is 11.1 Å². The van der Waals surface area contributed by atoms with Gasteiger partial charge in [0.25, 0.3) is 5.91 Å². The van der Waals surface area contributed by atoms with Crippen LogP contribution in [0.2, 0.25) is 0 Å². The first kappa shape index (κ1) is 16.0. The SMILES string of the molecule is Cn1nc(C(=O)NCCn2cnc3ccccc32)c(=O)c2ccccc21. The van der Waals surface area contributed by atoms with Crippen molar-refractivity contribution in [2.24, 2.45) is 7.05 Å². The normalized spacial score (nSPS) is 11.1. The van der Waals surface area contributed by atoms with Gasteiger partial charge in [0.1, 0.15) is 0 Å². The van der Waals surface area contributed by atoms with Crippen LogP contribution in [0.1, 0.15) is 10.5 Å². The molecular formula is C19H17N5O2. The molecule has 0 saturated carbocycles. The van der Waals surface area contributed by atoms with Gasteiger partial charge in [-0.05, 0) is 24.3 Å². The fourth-order valence-electron chi connectivity index (χ4n) is 3.04. The number of fused-ring (bicyclic) bond motifs is 2. The maximum Gasteiger partial charge on any atom is 0.275 e. The highest BCUT2D eigenvalue weighted by atomic mass is 16.2. The van der Waals surface area contributed by atoms with Gasteiger partial charge in [-0.15, -0.1) is 0 Å². The molecule has 0 bridgehead atoms. The van der Waals surface area contributed by atoms with Gasteiger partial charge in [0.2, 0.25) is 5.43 Å². The summed E-state index contributed by atoms with van der Waals surface area (Å²) in [6.07, 6.45) is 1.74. The summed E-state index contributed by atoms with van der Waals surface area (Å²) >= 11 is 0. The molecule has 0 saturated heterocycles. The van der Waals surface area contributed by atoms with Gasteiger partial charge in [-0.3, -0.25) is 14.3 Å². The molecule has 0 aliphatic rings. The smallest absolute Gasteiger partial charge is 0.275 e. The Balaban J connectivity index is 1.53. The van der Waals surface area contributed by atoms with Crippen molar-refractivity contribution in [3.8, 4) is 0 Å². The first-order valence-electron chi connectivity index (χ1n) is 8.29. The number of carbonyl (C=O) groups excluding carboxylic acids is 1. The van der Waals surface area contributed by atoms with Crippen molar-refractivity contribution in [1.82, 2.24) is 24.6 Å². The highest BCUT2D eigenvalue weighted by molar-refractivity contribution is 5.95. The van der Waals surface area contributed by atoms with Crippen LogP contribution in [-0.2, 0) is 13.6 Å². The van der Waals surface area contributed by atoms with Crippen molar-refractivity contribution in [1.29, 1.82) is 0 Å². The van der Waals surface area contributed by atoms with Crippen LogP contribution in [0.15, 0.2) is 59.7 Å². The average Bonchev–Trinajstić information content (AvgIpc) is 3.08. The third-order valence-electron chi connectivity index (χ3n) is 4.34. The van der Waals surface area contributed by atoms with Crippen LogP contribution in [0.3, 0.4) is 0 Å². The number of hydrogen-bond acceptors (Lipinski definition) is 4. The number of amides is 1. The van der Waals surface area contributed by atoms with E-state index in [1.807, 2.05) is 34.9 Å². The Morgan fingerprint density at radius 3 is 2.65 bits per heavy atom. The minimum Gasteiger partial charge on any atom is -0.349 e. The fraction of sp³-hybridized carbons (Fsp3) is 0.158. The molecule has 7 nitrogen and oxygen atoms in total. The number of nitrogens with zero attached hydrogens (tertiary/aromatic N) is 4. The standard InChI is InChI=1S/C19H17N5O2/c1-23-15-8-4-2-6-13(15)18(25)17(22-23)19(26)20-10-11-24-12-21-14-7-3-5-9-16(14)24/h2-9,12H,10-11H2,1H3,(H,20,26). The molecule has 0 fully saturated rings. The minimum absolute atomic E-state index is 0.0957. The predicted molar refractivity (Wildman–Crippen MR) is 99.1 cm³/mol. The summed E-state index contributed by atoms with van der Waals surface area (Å²) in [5.74, 6) is -0.472. The van der Waals surface area contributed by atoms with E-state index in [9.17, 15) is 9.59 Å². The van der Waals surface area contributed by atoms with Crippen molar-refractivity contribution in [2.45, 2.75) is 6.54 Å². The van der Waals surface area contributed by atoms with Crippen LogP contribution in [-0.4, -0.2) is 31.8 Å². The second kappa shape index (κ2) is 6.44. The zero-order chi connectivity index (χ0) is 18.1. The van der Waals surface area contributed by atoms with E-state index in [2.05, 4.69) is 15.4 Å². The first-order valence-corrected chi connectivity index (χ1v) is 8.29. The molecule has 2 aromatic carbocycles. The van der Waals surface area contributed by atoms with E-state index in [1.54, 1.807) is 36.3 Å². The second-order valence-corrected chi connectivity index (χ2v) is 6.00. The number of aromatic nitrogens is 4. The summed E-state index contributed by atoms with van der Waals surface area (Å²) in [7, 11) is 1.72. The Morgan fingerprint density at radius 1 is 1.08 bits per heavy atom. The summed E-state index contributed by atoms with van der Waals surface area (Å²) in [6.45, 7) is 0.928. The Hall–Kier alpha value is -3.48. The lowest BCUT2D eigenvalue weighted by Crippen LogP contribution is -2.33. The Morgan fingerprint density at radius 2 is 1.81 bits per heavy atom. The number of benzene rings is 2. The Bertz CT molecular complexity index is 1180. The maximum absolute atomic E-state index is 12.5. The van der Waals surface area contributed by atoms with E-state index in [1.165, 1.54) is 0 Å². The van der Waals surface area contributed by atoms with Gasteiger partial charge in [0.15, 0.2) is 5.69 Å². The molecule has 1 N–H and O–H groups in total. The second-order valence-electron chi connectivity index (χ2n) is 6.00. The molecule has 4 rings (SSSR count). The van der Waals surface area contributed by atoms with E-state index < -0.39 is 5.91 Å². The highest BCUT2D eigenvalue weighted by Crippen LogP contribution is 2.11. The predicted octanol–water partition coefficient (Wildman–Crippen LogP) is 1.71. The molecule has 26 heavy (non-hydrogen) atoms. The van der Waals surface area contributed by atoms with E-state index in [0.29, 0.717) is 24.0 Å². The Labute approximate surface area is 148 Å². The van der Waals surface area contributed by atoms with Crippen LogP contribution in [0, 0.1) is 0 Å². The van der Waals surface area contributed by atoms with Crippen molar-refractivity contribution >= 4 is 27.8 Å². The number of aryl methyl sites for hydroxylation is 1. The van der Waals surface area contributed by atoms with E-state index in [4.69, 9.17) is 0 Å². The molecule has 2 aromatic heterocycles. The number of rotatable bonds is 4. The molecule has 130 valence electrons. The average molecular weight is 347 g/mol. The highest BCUT2D eigenvalue weighted by Gasteiger charge is 2.16. The van der Waals surface area contributed by atoms with Gasteiger partial charge in [0, 0.05) is 25.5 Å². The van der Waals surface area contributed by atoms with Crippen LogP contribution in [0.4, 0.5) is 0 Å². The van der Waals surface area contributed by atoms with Crippen LogP contribution in [0.5, 0.6) is 0 Å². The van der Waals surface area contributed by atoms with Gasteiger partial charge in [-0.2, -0.15) is 5.10 Å². The summed E-state index contributed by atoms with van der Waals surface area (Å²) in [5, 5.41) is 7.39. The molecule has 0 radical (unpaired) electrons. The van der Waals surface area contributed by atoms with Crippen LogP contribution >= 0.6 is 0 Å². The summed E-state index contributed by atoms with van der Waals surface area (Å²) in [5.41, 5.74) is 2.15. The maximum atomic E-state index is 12.5. The molecule has 0 atom stereocenters. The molecule has 0 unspecified atom stereocenters. The zero-order valence-electron chi connectivity index (χ0n) is 14.2. The monoisotopic (exact) mass is 347 g/mol. The molecule has 2 heterocycles. The van der Waals surface area contributed by atoms with Crippen molar-refractivity contribution in [3.63, 3.8) is 0 Å². The van der Waals surface area contributed by atoms with E-state index >= 15 is 0 Å². The molecular weight excluding hydrogens is 330 g/mol. The fourth-order valence-corrected chi connectivity index (χ4v) is 3.04. The molecule has 4 aromatic rings. The van der Waals surface area contributed by atoms with Gasteiger partial charge in [-0.1, -0.05) is 24.3 Å². The number of para-hydroxylation sites is 3. The summed E-state index contributed by atoms with van der Waals surface area (Å²) in [6, 6.07) is 14.9. The van der Waals surface area contributed by atoms with E-state index in [0.717, 1.165) is 11.0 Å². The van der Waals surface area contributed by atoms with Gasteiger partial charge in [0.05, 0.1) is 22.9 Å². The first-order chi connectivity index (χ1) is 12.6. The van der Waals surface area contributed by atoms with Gasteiger partial charge in [-0.25, -0.2) is 4.98 Å². The number of carbonyl (C=O) groups is 1. The quantitative estimate of drug-likeness (QED) is 0.609. The van der Waals surface area contributed by atoms with Crippen LogP contribution in [0.25, 0.3) is 21.9 Å².